The van der Waals surface area contributed by atoms with E-state index in [1.54, 1.807) is 6.20 Å². The van der Waals surface area contributed by atoms with Gasteiger partial charge in [-0.15, -0.1) is 0 Å². The summed E-state index contributed by atoms with van der Waals surface area (Å²) in [6.07, 6.45) is 7.83. The van der Waals surface area contributed by atoms with Crippen LogP contribution in [0.5, 0.6) is 5.88 Å². The zero-order valence-corrected chi connectivity index (χ0v) is 17.0. The molecule has 0 aromatic carbocycles. The summed E-state index contributed by atoms with van der Waals surface area (Å²) in [6.45, 7) is 5.89. The number of nitrogens with one attached hydrogen (secondary N) is 1. The van der Waals surface area contributed by atoms with Crippen LogP contribution in [0.25, 0.3) is 11.4 Å². The molecule has 8 heteroatoms. The van der Waals surface area contributed by atoms with Crippen LogP contribution in [-0.4, -0.2) is 45.7 Å². The summed E-state index contributed by atoms with van der Waals surface area (Å²) in [4.78, 5) is 23.4. The molecule has 1 saturated carbocycles. The van der Waals surface area contributed by atoms with Gasteiger partial charge in [0, 0.05) is 30.3 Å². The quantitative estimate of drug-likeness (QED) is 0.765. The van der Waals surface area contributed by atoms with Crippen molar-refractivity contribution < 1.29 is 18.7 Å². The van der Waals surface area contributed by atoms with E-state index in [2.05, 4.69) is 20.3 Å². The minimum atomic E-state index is -0.470. The molecule has 0 spiro atoms. The second-order valence-corrected chi connectivity index (χ2v) is 7.52. The van der Waals surface area contributed by atoms with Crippen molar-refractivity contribution in [2.24, 2.45) is 0 Å². The zero-order valence-electron chi connectivity index (χ0n) is 17.0. The molecular formula is C21H27FN4O3. The maximum atomic E-state index is 13.0. The fourth-order valence-electron chi connectivity index (χ4n) is 3.41. The molecule has 1 fully saturated rings. The summed E-state index contributed by atoms with van der Waals surface area (Å²) in [5, 5.41) is 2.82. The first kappa shape index (κ1) is 21.1. The van der Waals surface area contributed by atoms with Gasteiger partial charge in [0.25, 0.3) is 0 Å². The molecule has 1 amide bonds. The molecule has 1 atom stereocenters. The Bertz CT molecular complexity index is 823. The van der Waals surface area contributed by atoms with Crippen LogP contribution in [0, 0.1) is 12.7 Å². The van der Waals surface area contributed by atoms with Gasteiger partial charge in [0.1, 0.15) is 6.10 Å². The number of ether oxygens (including phenoxy) is 2. The van der Waals surface area contributed by atoms with E-state index >= 15 is 0 Å². The van der Waals surface area contributed by atoms with Gasteiger partial charge >= 0.3 is 0 Å². The lowest BCUT2D eigenvalue weighted by Gasteiger charge is -2.29. The molecule has 2 aromatic heterocycles. The van der Waals surface area contributed by atoms with Gasteiger partial charge in [0.2, 0.25) is 11.8 Å². The smallest absolute Gasteiger partial charge is 0.217 e. The van der Waals surface area contributed by atoms with Crippen LogP contribution in [0.4, 0.5) is 4.39 Å². The number of nitrogens with zero attached hydrogens (tertiary/aromatic N) is 3. The van der Waals surface area contributed by atoms with Gasteiger partial charge in [0.05, 0.1) is 25.1 Å². The molecule has 2 aromatic rings. The number of rotatable bonds is 7. The summed E-state index contributed by atoms with van der Waals surface area (Å²) >= 11 is 0. The molecule has 0 radical (unpaired) electrons. The Kier molecular flexibility index (Phi) is 7.09. The van der Waals surface area contributed by atoms with Gasteiger partial charge < -0.3 is 14.8 Å². The fraction of sp³-hybridized carbons (Fsp3) is 0.524. The van der Waals surface area contributed by atoms with E-state index in [0.717, 1.165) is 49.2 Å². The lowest BCUT2D eigenvalue weighted by Crippen LogP contribution is -2.37. The Hall–Kier alpha value is -2.61. The van der Waals surface area contributed by atoms with Gasteiger partial charge in [-0.05, 0) is 45.6 Å². The topological polar surface area (TPSA) is 86.2 Å². The van der Waals surface area contributed by atoms with Crippen molar-refractivity contribution in [2.45, 2.75) is 64.7 Å². The van der Waals surface area contributed by atoms with E-state index in [0.29, 0.717) is 18.3 Å². The maximum absolute atomic E-state index is 13.0. The number of carbonyl (C=O) groups is 1. The van der Waals surface area contributed by atoms with Crippen molar-refractivity contribution in [2.75, 3.05) is 6.61 Å². The number of carbonyl (C=O) groups excluding carboxylic acids is 1. The van der Waals surface area contributed by atoms with Crippen LogP contribution in [0.15, 0.2) is 24.7 Å². The summed E-state index contributed by atoms with van der Waals surface area (Å²) in [6, 6.07) is 1.91. The molecule has 1 aliphatic rings. The predicted molar refractivity (Wildman–Crippen MR) is 106 cm³/mol. The lowest BCUT2D eigenvalue weighted by molar-refractivity contribution is -0.120. The SMILES string of the molecule is CC(=O)N[C@@H](C)CO[C@H]1CC[C@H](Oc2ncc(-c3ncc(F)cn3)cc2C)CC1. The first-order valence-corrected chi connectivity index (χ1v) is 9.90. The largest absolute Gasteiger partial charge is 0.474 e. The molecule has 1 aliphatic carbocycles. The number of amides is 1. The lowest BCUT2D eigenvalue weighted by atomic mass is 9.95. The maximum Gasteiger partial charge on any atom is 0.217 e. The van der Waals surface area contributed by atoms with Gasteiger partial charge in [-0.2, -0.15) is 0 Å². The molecule has 0 aliphatic heterocycles. The van der Waals surface area contributed by atoms with E-state index in [4.69, 9.17) is 9.47 Å². The molecule has 0 bridgehead atoms. The minimum Gasteiger partial charge on any atom is -0.474 e. The number of hydrogen-bond donors (Lipinski definition) is 1. The predicted octanol–water partition coefficient (Wildman–Crippen LogP) is 3.22. The summed E-state index contributed by atoms with van der Waals surface area (Å²) < 4.78 is 25.0. The molecule has 3 rings (SSSR count). The Morgan fingerprint density at radius 2 is 1.83 bits per heavy atom. The van der Waals surface area contributed by atoms with Crippen molar-refractivity contribution in [1.82, 2.24) is 20.3 Å². The van der Waals surface area contributed by atoms with Gasteiger partial charge in [-0.25, -0.2) is 19.3 Å². The second-order valence-electron chi connectivity index (χ2n) is 7.52. The van der Waals surface area contributed by atoms with E-state index in [-0.39, 0.29) is 24.2 Å². The Balaban J connectivity index is 1.49. The molecule has 1 N–H and O–H groups in total. The van der Waals surface area contributed by atoms with Crippen LogP contribution >= 0.6 is 0 Å². The normalized spacial score (nSPS) is 20.1. The summed E-state index contributed by atoms with van der Waals surface area (Å²) in [5.41, 5.74) is 1.61. The Morgan fingerprint density at radius 1 is 1.17 bits per heavy atom. The van der Waals surface area contributed by atoms with Crippen molar-refractivity contribution in [3.8, 4) is 17.3 Å². The Labute approximate surface area is 170 Å². The van der Waals surface area contributed by atoms with Crippen molar-refractivity contribution in [3.05, 3.63) is 36.0 Å². The van der Waals surface area contributed by atoms with Crippen LogP contribution in [-0.2, 0) is 9.53 Å². The fourth-order valence-corrected chi connectivity index (χ4v) is 3.41. The highest BCUT2D eigenvalue weighted by Gasteiger charge is 2.24. The number of aromatic nitrogens is 3. The van der Waals surface area contributed by atoms with Crippen molar-refractivity contribution in [1.29, 1.82) is 0 Å². The molecule has 7 nitrogen and oxygen atoms in total. The zero-order chi connectivity index (χ0) is 20.8. The summed E-state index contributed by atoms with van der Waals surface area (Å²) in [7, 11) is 0. The summed E-state index contributed by atoms with van der Waals surface area (Å²) in [5.74, 6) is 0.514. The van der Waals surface area contributed by atoms with E-state index in [1.165, 1.54) is 6.92 Å². The average Bonchev–Trinajstić information content (AvgIpc) is 2.69. The van der Waals surface area contributed by atoms with Crippen LogP contribution in [0.3, 0.4) is 0 Å². The third kappa shape index (κ3) is 6.19. The third-order valence-electron chi connectivity index (χ3n) is 4.84. The van der Waals surface area contributed by atoms with Crippen LogP contribution < -0.4 is 10.1 Å². The first-order chi connectivity index (χ1) is 13.9. The van der Waals surface area contributed by atoms with Gasteiger partial charge in [-0.3, -0.25) is 4.79 Å². The standard InChI is InChI=1S/C21H27FN4O3/c1-13-8-16(20-23-10-17(22)11-24-20)9-25-21(13)29-19-6-4-18(5-7-19)28-12-14(2)26-15(3)27/h8-11,14,18-19H,4-7,12H2,1-3H3,(H,26,27)/t14-,18-,19-/m0/s1. The van der Waals surface area contributed by atoms with Crippen molar-refractivity contribution >= 4 is 5.91 Å². The monoisotopic (exact) mass is 402 g/mol. The Morgan fingerprint density at radius 3 is 2.45 bits per heavy atom. The minimum absolute atomic E-state index is 0.0110. The van der Waals surface area contributed by atoms with Gasteiger partial charge in [0.15, 0.2) is 11.6 Å². The second kappa shape index (κ2) is 9.73. The van der Waals surface area contributed by atoms with Gasteiger partial charge in [-0.1, -0.05) is 0 Å². The van der Waals surface area contributed by atoms with Crippen molar-refractivity contribution in [3.63, 3.8) is 0 Å². The molecular weight excluding hydrogens is 375 g/mol. The molecule has 29 heavy (non-hydrogen) atoms. The van der Waals surface area contributed by atoms with E-state index in [9.17, 15) is 9.18 Å². The highest BCUT2D eigenvalue weighted by atomic mass is 19.1. The van der Waals surface area contributed by atoms with E-state index in [1.807, 2.05) is 19.9 Å². The van der Waals surface area contributed by atoms with Crippen LogP contribution in [0.2, 0.25) is 0 Å². The highest BCUT2D eigenvalue weighted by Crippen LogP contribution is 2.27. The highest BCUT2D eigenvalue weighted by molar-refractivity contribution is 5.73. The van der Waals surface area contributed by atoms with Crippen LogP contribution in [0.1, 0.15) is 45.1 Å². The molecule has 2 heterocycles. The molecule has 0 saturated heterocycles. The number of hydrogen-bond acceptors (Lipinski definition) is 6. The number of halogens is 1. The third-order valence-corrected chi connectivity index (χ3v) is 4.84. The van der Waals surface area contributed by atoms with E-state index < -0.39 is 5.82 Å². The molecule has 156 valence electrons. The first-order valence-electron chi connectivity index (χ1n) is 9.90. The number of aryl methyl sites for hydroxylation is 1. The number of pyridine rings is 1. The average molecular weight is 402 g/mol. The molecule has 0 unspecified atom stereocenters.